The highest BCUT2D eigenvalue weighted by Gasteiger charge is 2.22. The smallest absolute Gasteiger partial charge is 0.238 e. The Kier molecular flexibility index (Phi) is 5.34. The second kappa shape index (κ2) is 8.42. The zero-order valence-electron chi connectivity index (χ0n) is 16.9. The van der Waals surface area contributed by atoms with Gasteiger partial charge in [0.05, 0.1) is 37.0 Å². The lowest BCUT2D eigenvalue weighted by atomic mass is 10.1. The van der Waals surface area contributed by atoms with Crippen LogP contribution in [0.2, 0.25) is 0 Å². The maximum absolute atomic E-state index is 12.5. The SMILES string of the molecule is O=C(CN1CCOCC1)Nc1cccc2nc(N[C@@H]3CCc4ccccc43)ccc12. The summed E-state index contributed by atoms with van der Waals surface area (Å²) in [5.74, 6) is 0.857. The Morgan fingerprint density at radius 3 is 2.83 bits per heavy atom. The Morgan fingerprint density at radius 2 is 1.93 bits per heavy atom. The van der Waals surface area contributed by atoms with E-state index >= 15 is 0 Å². The van der Waals surface area contributed by atoms with Crippen molar-refractivity contribution in [3.8, 4) is 0 Å². The van der Waals surface area contributed by atoms with Gasteiger partial charge in [-0.1, -0.05) is 30.3 Å². The predicted molar refractivity (Wildman–Crippen MR) is 119 cm³/mol. The Bertz CT molecular complexity index is 1060. The molecule has 1 aliphatic heterocycles. The summed E-state index contributed by atoms with van der Waals surface area (Å²) in [5, 5.41) is 7.59. The topological polar surface area (TPSA) is 66.5 Å². The third kappa shape index (κ3) is 4.01. The molecule has 0 spiro atoms. The molecule has 6 heteroatoms. The quantitative estimate of drug-likeness (QED) is 0.683. The van der Waals surface area contributed by atoms with Gasteiger partial charge in [0.25, 0.3) is 0 Å². The maximum atomic E-state index is 12.5. The second-order valence-corrected chi connectivity index (χ2v) is 7.94. The molecule has 1 atom stereocenters. The minimum atomic E-state index is -0.00540. The molecule has 154 valence electrons. The van der Waals surface area contributed by atoms with Crippen LogP contribution in [0.15, 0.2) is 54.6 Å². The van der Waals surface area contributed by atoms with E-state index in [1.807, 2.05) is 30.3 Å². The van der Waals surface area contributed by atoms with Gasteiger partial charge in [-0.25, -0.2) is 4.98 Å². The first-order valence-corrected chi connectivity index (χ1v) is 10.6. The normalized spacial score (nSPS) is 18.9. The van der Waals surface area contributed by atoms with E-state index in [0.29, 0.717) is 25.8 Å². The molecule has 0 radical (unpaired) electrons. The van der Waals surface area contributed by atoms with Crippen LogP contribution in [0.25, 0.3) is 10.9 Å². The number of aromatic nitrogens is 1. The number of benzene rings is 2. The van der Waals surface area contributed by atoms with Gasteiger partial charge in [0.2, 0.25) is 5.91 Å². The molecule has 0 saturated carbocycles. The molecule has 2 N–H and O–H groups in total. The average Bonchev–Trinajstić information content (AvgIpc) is 3.17. The molecule has 2 aliphatic rings. The molecule has 1 aromatic heterocycles. The van der Waals surface area contributed by atoms with Gasteiger partial charge in [0.1, 0.15) is 5.82 Å². The number of hydrogen-bond acceptors (Lipinski definition) is 5. The van der Waals surface area contributed by atoms with Gasteiger partial charge >= 0.3 is 0 Å². The number of carbonyl (C=O) groups is 1. The van der Waals surface area contributed by atoms with Gasteiger partial charge in [-0.05, 0) is 48.2 Å². The van der Waals surface area contributed by atoms with Crippen molar-refractivity contribution in [3.63, 3.8) is 0 Å². The van der Waals surface area contributed by atoms with Crippen LogP contribution >= 0.6 is 0 Å². The third-order valence-electron chi connectivity index (χ3n) is 5.93. The lowest BCUT2D eigenvalue weighted by molar-refractivity contribution is -0.118. The molecule has 3 aromatic rings. The van der Waals surface area contributed by atoms with E-state index in [-0.39, 0.29) is 5.91 Å². The van der Waals surface area contributed by atoms with Crippen molar-refractivity contribution in [1.29, 1.82) is 0 Å². The van der Waals surface area contributed by atoms with Crippen molar-refractivity contribution >= 4 is 28.3 Å². The first kappa shape index (κ1) is 19.0. The van der Waals surface area contributed by atoms with Crippen LogP contribution in [0.4, 0.5) is 11.5 Å². The summed E-state index contributed by atoms with van der Waals surface area (Å²) < 4.78 is 5.35. The molecule has 6 nitrogen and oxygen atoms in total. The van der Waals surface area contributed by atoms with Crippen LogP contribution in [-0.4, -0.2) is 48.6 Å². The van der Waals surface area contributed by atoms with E-state index in [1.165, 1.54) is 11.1 Å². The van der Waals surface area contributed by atoms with E-state index in [0.717, 1.165) is 48.3 Å². The van der Waals surface area contributed by atoms with Crippen LogP contribution in [0.1, 0.15) is 23.6 Å². The molecule has 2 aromatic carbocycles. The molecule has 0 bridgehead atoms. The summed E-state index contributed by atoms with van der Waals surface area (Å²) >= 11 is 0. The molecular formula is C24H26N4O2. The summed E-state index contributed by atoms with van der Waals surface area (Å²) in [4.78, 5) is 19.4. The Hall–Kier alpha value is -2.96. The van der Waals surface area contributed by atoms with Crippen molar-refractivity contribution in [3.05, 3.63) is 65.7 Å². The first-order valence-electron chi connectivity index (χ1n) is 10.6. The largest absolute Gasteiger partial charge is 0.379 e. The van der Waals surface area contributed by atoms with Crippen molar-refractivity contribution in [2.75, 3.05) is 43.5 Å². The monoisotopic (exact) mass is 402 g/mol. The summed E-state index contributed by atoms with van der Waals surface area (Å²) in [5.41, 5.74) is 4.45. The van der Waals surface area contributed by atoms with E-state index in [9.17, 15) is 4.79 Å². The van der Waals surface area contributed by atoms with Crippen molar-refractivity contribution in [1.82, 2.24) is 9.88 Å². The van der Waals surface area contributed by atoms with E-state index in [4.69, 9.17) is 9.72 Å². The van der Waals surface area contributed by atoms with Crippen molar-refractivity contribution in [2.24, 2.45) is 0 Å². The number of amides is 1. The second-order valence-electron chi connectivity index (χ2n) is 7.94. The minimum absolute atomic E-state index is 0.00540. The van der Waals surface area contributed by atoms with Crippen molar-refractivity contribution < 1.29 is 9.53 Å². The highest BCUT2D eigenvalue weighted by atomic mass is 16.5. The molecule has 5 rings (SSSR count). The number of hydrogen-bond donors (Lipinski definition) is 2. The molecule has 2 heterocycles. The number of ether oxygens (including phenoxy) is 1. The number of morpholine rings is 1. The van der Waals surface area contributed by atoms with E-state index in [2.05, 4.69) is 39.8 Å². The summed E-state index contributed by atoms with van der Waals surface area (Å²) in [7, 11) is 0. The fourth-order valence-electron chi connectivity index (χ4n) is 4.38. The lowest BCUT2D eigenvalue weighted by Crippen LogP contribution is -2.41. The van der Waals surface area contributed by atoms with Gasteiger partial charge in [-0.3, -0.25) is 9.69 Å². The first-order chi connectivity index (χ1) is 14.8. The number of fused-ring (bicyclic) bond motifs is 2. The number of nitrogens with zero attached hydrogens (tertiary/aromatic N) is 2. The highest BCUT2D eigenvalue weighted by Crippen LogP contribution is 2.34. The highest BCUT2D eigenvalue weighted by molar-refractivity contribution is 6.02. The fraction of sp³-hybridized carbons (Fsp3) is 0.333. The zero-order chi connectivity index (χ0) is 20.3. The predicted octanol–water partition coefficient (Wildman–Crippen LogP) is 3.60. The zero-order valence-corrected chi connectivity index (χ0v) is 16.9. The standard InChI is InChI=1S/C24H26N4O2/c29-24(16-28-12-14-30-15-13-28)27-21-7-3-6-20-19(21)9-11-23(25-20)26-22-10-8-17-4-1-2-5-18(17)22/h1-7,9,11,22H,8,10,12-16H2,(H,25,26)(H,27,29)/t22-/m1/s1. The number of anilines is 2. The maximum Gasteiger partial charge on any atom is 0.238 e. The van der Waals surface area contributed by atoms with Gasteiger partial charge in [-0.2, -0.15) is 0 Å². The van der Waals surface area contributed by atoms with Crippen LogP contribution in [0.3, 0.4) is 0 Å². The van der Waals surface area contributed by atoms with Crippen LogP contribution in [0.5, 0.6) is 0 Å². The van der Waals surface area contributed by atoms with Crippen LogP contribution < -0.4 is 10.6 Å². The number of carbonyl (C=O) groups excluding carboxylic acids is 1. The van der Waals surface area contributed by atoms with Gasteiger partial charge in [0, 0.05) is 18.5 Å². The number of nitrogens with one attached hydrogen (secondary N) is 2. The number of rotatable bonds is 5. The van der Waals surface area contributed by atoms with E-state index in [1.54, 1.807) is 0 Å². The molecule has 1 fully saturated rings. The fourth-order valence-corrected chi connectivity index (χ4v) is 4.38. The van der Waals surface area contributed by atoms with Gasteiger partial charge in [0.15, 0.2) is 0 Å². The molecule has 1 saturated heterocycles. The molecule has 0 unspecified atom stereocenters. The third-order valence-corrected chi connectivity index (χ3v) is 5.93. The Morgan fingerprint density at radius 1 is 1.07 bits per heavy atom. The minimum Gasteiger partial charge on any atom is -0.379 e. The Balaban J connectivity index is 1.31. The van der Waals surface area contributed by atoms with Crippen LogP contribution in [0, 0.1) is 0 Å². The molecule has 1 amide bonds. The Labute approximate surface area is 176 Å². The number of aryl methyl sites for hydroxylation is 1. The molecular weight excluding hydrogens is 376 g/mol. The van der Waals surface area contributed by atoms with Crippen molar-refractivity contribution in [2.45, 2.75) is 18.9 Å². The van der Waals surface area contributed by atoms with E-state index < -0.39 is 0 Å². The summed E-state index contributed by atoms with van der Waals surface area (Å²) in [6.45, 7) is 3.35. The number of pyridine rings is 1. The van der Waals surface area contributed by atoms with Gasteiger partial charge in [-0.15, -0.1) is 0 Å². The molecule has 1 aliphatic carbocycles. The van der Waals surface area contributed by atoms with Gasteiger partial charge < -0.3 is 15.4 Å². The molecule has 30 heavy (non-hydrogen) atoms. The summed E-state index contributed by atoms with van der Waals surface area (Å²) in [6, 6.07) is 18.8. The lowest BCUT2D eigenvalue weighted by Gasteiger charge is -2.25. The van der Waals surface area contributed by atoms with Crippen LogP contribution in [-0.2, 0) is 16.0 Å². The average molecular weight is 402 g/mol. The summed E-state index contributed by atoms with van der Waals surface area (Å²) in [6.07, 6.45) is 2.18.